The van der Waals surface area contributed by atoms with E-state index in [1.54, 1.807) is 25.1 Å². The number of nitrogens with one attached hydrogen (secondary N) is 1. The number of amides is 1. The molecule has 2 N–H and O–H groups in total. The summed E-state index contributed by atoms with van der Waals surface area (Å²) in [4.78, 5) is 23.6. The molecule has 1 amide bonds. The van der Waals surface area contributed by atoms with Gasteiger partial charge < -0.3 is 10.4 Å². The molecule has 0 radical (unpaired) electrons. The lowest BCUT2D eigenvalue weighted by molar-refractivity contribution is -0.153. The van der Waals surface area contributed by atoms with Gasteiger partial charge in [-0.05, 0) is 48.6 Å². The number of hydrogen-bond acceptors (Lipinski definition) is 2. The van der Waals surface area contributed by atoms with Crippen LogP contribution in [0.5, 0.6) is 0 Å². The average Bonchev–Trinajstić information content (AvgIpc) is 2.94. The Kier molecular flexibility index (Phi) is 5.01. The highest BCUT2D eigenvalue weighted by Crippen LogP contribution is 2.35. The molecular formula is C20H19ClFNO3. The first-order chi connectivity index (χ1) is 12.4. The number of aliphatic carboxylic acids is 1. The van der Waals surface area contributed by atoms with Crippen molar-refractivity contribution in [2.24, 2.45) is 5.41 Å². The summed E-state index contributed by atoms with van der Waals surface area (Å²) >= 11 is 5.94. The van der Waals surface area contributed by atoms with Crippen molar-refractivity contribution >= 4 is 23.5 Å². The smallest absolute Gasteiger partial charge is 0.319 e. The summed E-state index contributed by atoms with van der Waals surface area (Å²) in [6.45, 7) is 1.71. The van der Waals surface area contributed by atoms with Crippen molar-refractivity contribution in [2.75, 3.05) is 0 Å². The van der Waals surface area contributed by atoms with E-state index in [9.17, 15) is 19.1 Å². The topological polar surface area (TPSA) is 66.4 Å². The van der Waals surface area contributed by atoms with Gasteiger partial charge in [0.1, 0.15) is 11.2 Å². The van der Waals surface area contributed by atoms with Crippen LogP contribution < -0.4 is 5.32 Å². The molecule has 136 valence electrons. The Morgan fingerprint density at radius 1 is 1.31 bits per heavy atom. The Morgan fingerprint density at radius 3 is 2.58 bits per heavy atom. The fourth-order valence-corrected chi connectivity index (χ4v) is 3.65. The molecule has 4 nitrogen and oxygen atoms in total. The van der Waals surface area contributed by atoms with E-state index in [-0.39, 0.29) is 24.7 Å². The van der Waals surface area contributed by atoms with Crippen LogP contribution in [0.1, 0.15) is 25.3 Å². The Labute approximate surface area is 156 Å². The maximum atomic E-state index is 14.0. The standard InChI is InChI=1S/C20H19ClFNO3/c1-2-20(19(25)26)11-15(23-18(20)24)9-12-3-5-13(6-4-12)16-10-14(21)7-8-17(16)22/h3-8,10,15H,2,9,11H2,1H3,(H,23,24)(H,25,26)/t15-,20?/m1/s1. The van der Waals surface area contributed by atoms with E-state index in [1.165, 1.54) is 12.1 Å². The molecule has 2 atom stereocenters. The number of carbonyl (C=O) groups is 2. The molecule has 3 rings (SSSR count). The minimum absolute atomic E-state index is 0.229. The van der Waals surface area contributed by atoms with Crippen LogP contribution in [0.4, 0.5) is 4.39 Å². The van der Waals surface area contributed by atoms with Crippen LogP contribution in [-0.4, -0.2) is 23.0 Å². The molecule has 1 aliphatic rings. The fourth-order valence-electron chi connectivity index (χ4n) is 3.48. The maximum Gasteiger partial charge on any atom is 0.319 e. The third-order valence-corrected chi connectivity index (χ3v) is 5.29. The molecule has 2 aromatic carbocycles. The number of halogens is 2. The lowest BCUT2D eigenvalue weighted by Crippen LogP contribution is -2.38. The zero-order valence-corrected chi connectivity index (χ0v) is 15.0. The molecular weight excluding hydrogens is 357 g/mol. The van der Waals surface area contributed by atoms with Crippen molar-refractivity contribution in [3.63, 3.8) is 0 Å². The van der Waals surface area contributed by atoms with E-state index in [1.807, 2.05) is 12.1 Å². The second-order valence-electron chi connectivity index (χ2n) is 6.64. The summed E-state index contributed by atoms with van der Waals surface area (Å²) in [5.41, 5.74) is 0.736. The number of hydrogen-bond donors (Lipinski definition) is 2. The number of carboxylic acid groups (broad SMARTS) is 1. The van der Waals surface area contributed by atoms with Crippen LogP contribution >= 0.6 is 11.6 Å². The van der Waals surface area contributed by atoms with E-state index >= 15 is 0 Å². The van der Waals surface area contributed by atoms with E-state index < -0.39 is 17.3 Å². The summed E-state index contributed by atoms with van der Waals surface area (Å²) in [5, 5.41) is 12.7. The van der Waals surface area contributed by atoms with Gasteiger partial charge >= 0.3 is 5.97 Å². The Balaban J connectivity index is 1.75. The number of carbonyl (C=O) groups excluding carboxylic acids is 1. The summed E-state index contributed by atoms with van der Waals surface area (Å²) in [6, 6.07) is 11.5. The number of carboxylic acids is 1. The predicted molar refractivity (Wildman–Crippen MR) is 97.5 cm³/mol. The molecule has 26 heavy (non-hydrogen) atoms. The summed E-state index contributed by atoms with van der Waals surface area (Å²) in [6.07, 6.45) is 1.05. The molecule has 0 saturated carbocycles. The molecule has 0 aliphatic carbocycles. The van der Waals surface area contributed by atoms with Crippen LogP contribution in [0, 0.1) is 11.2 Å². The molecule has 6 heteroatoms. The molecule has 1 aliphatic heterocycles. The van der Waals surface area contributed by atoms with Crippen LogP contribution in [0.2, 0.25) is 5.02 Å². The molecule has 1 fully saturated rings. The van der Waals surface area contributed by atoms with E-state index in [0.717, 1.165) is 5.56 Å². The highest BCUT2D eigenvalue weighted by atomic mass is 35.5. The van der Waals surface area contributed by atoms with Gasteiger partial charge in [0.05, 0.1) is 0 Å². The van der Waals surface area contributed by atoms with Gasteiger partial charge in [0, 0.05) is 16.6 Å². The van der Waals surface area contributed by atoms with Gasteiger partial charge in [-0.2, -0.15) is 0 Å². The Morgan fingerprint density at radius 2 is 2.00 bits per heavy atom. The minimum Gasteiger partial charge on any atom is -0.480 e. The first kappa shape index (κ1) is 18.4. The third-order valence-electron chi connectivity index (χ3n) is 5.05. The maximum absolute atomic E-state index is 14.0. The second-order valence-corrected chi connectivity index (χ2v) is 7.08. The van der Waals surface area contributed by atoms with Crippen LogP contribution in [0.3, 0.4) is 0 Å². The van der Waals surface area contributed by atoms with E-state index in [2.05, 4.69) is 5.32 Å². The molecule has 0 bridgehead atoms. The molecule has 0 aromatic heterocycles. The van der Waals surface area contributed by atoms with Gasteiger partial charge in [0.25, 0.3) is 0 Å². The molecule has 1 saturated heterocycles. The zero-order chi connectivity index (χ0) is 18.9. The van der Waals surface area contributed by atoms with Gasteiger partial charge in [0.15, 0.2) is 0 Å². The van der Waals surface area contributed by atoms with Crippen molar-refractivity contribution in [3.05, 3.63) is 58.9 Å². The van der Waals surface area contributed by atoms with Crippen molar-refractivity contribution < 1.29 is 19.1 Å². The van der Waals surface area contributed by atoms with Crippen LogP contribution in [0.15, 0.2) is 42.5 Å². The Hall–Kier alpha value is -2.40. The van der Waals surface area contributed by atoms with Crippen molar-refractivity contribution in [1.82, 2.24) is 5.32 Å². The van der Waals surface area contributed by atoms with Gasteiger partial charge in [-0.15, -0.1) is 0 Å². The first-order valence-electron chi connectivity index (χ1n) is 8.44. The summed E-state index contributed by atoms with van der Waals surface area (Å²) in [5.74, 6) is -1.85. The molecule has 2 aromatic rings. The van der Waals surface area contributed by atoms with Crippen molar-refractivity contribution in [1.29, 1.82) is 0 Å². The third kappa shape index (κ3) is 3.31. The highest BCUT2D eigenvalue weighted by Gasteiger charge is 2.51. The average molecular weight is 376 g/mol. The number of benzene rings is 2. The van der Waals surface area contributed by atoms with Crippen molar-refractivity contribution in [3.8, 4) is 11.1 Å². The first-order valence-corrected chi connectivity index (χ1v) is 8.82. The SMILES string of the molecule is CCC1(C(=O)O)C[C@@H](Cc2ccc(-c3cc(Cl)ccc3F)cc2)NC1=O. The lowest BCUT2D eigenvalue weighted by atomic mass is 9.81. The zero-order valence-electron chi connectivity index (χ0n) is 14.3. The van der Waals surface area contributed by atoms with Gasteiger partial charge in [-0.1, -0.05) is 42.8 Å². The largest absolute Gasteiger partial charge is 0.480 e. The van der Waals surface area contributed by atoms with E-state index in [4.69, 9.17) is 11.6 Å². The molecule has 0 spiro atoms. The van der Waals surface area contributed by atoms with Crippen molar-refractivity contribution in [2.45, 2.75) is 32.2 Å². The number of rotatable bonds is 5. The van der Waals surface area contributed by atoms with Gasteiger partial charge in [-0.25, -0.2) is 4.39 Å². The summed E-state index contributed by atoms with van der Waals surface area (Å²) < 4.78 is 14.0. The quantitative estimate of drug-likeness (QED) is 0.774. The van der Waals surface area contributed by atoms with Gasteiger partial charge in [0.2, 0.25) is 5.91 Å². The second kappa shape index (κ2) is 7.08. The minimum atomic E-state index is -1.34. The van der Waals surface area contributed by atoms with Crippen LogP contribution in [0.25, 0.3) is 11.1 Å². The Bertz CT molecular complexity index is 853. The normalized spacial score (nSPS) is 22.3. The van der Waals surface area contributed by atoms with E-state index in [0.29, 0.717) is 22.6 Å². The fraction of sp³-hybridized carbons (Fsp3) is 0.300. The predicted octanol–water partition coefficient (Wildman–Crippen LogP) is 4.06. The monoisotopic (exact) mass is 375 g/mol. The van der Waals surface area contributed by atoms with Crippen LogP contribution in [-0.2, 0) is 16.0 Å². The molecule has 1 unspecified atom stereocenters. The highest BCUT2D eigenvalue weighted by molar-refractivity contribution is 6.30. The molecule has 1 heterocycles. The summed E-state index contributed by atoms with van der Waals surface area (Å²) in [7, 11) is 0. The van der Waals surface area contributed by atoms with Gasteiger partial charge in [-0.3, -0.25) is 9.59 Å². The lowest BCUT2D eigenvalue weighted by Gasteiger charge is -2.18.